The van der Waals surface area contributed by atoms with Crippen LogP contribution >= 0.6 is 0 Å². The van der Waals surface area contributed by atoms with Gasteiger partial charge in [0.25, 0.3) is 0 Å². The number of aliphatic hydroxyl groups is 1. The minimum absolute atomic E-state index is 0. The van der Waals surface area contributed by atoms with E-state index in [0.29, 0.717) is 17.7 Å². The van der Waals surface area contributed by atoms with Crippen molar-refractivity contribution < 1.29 is 61.3 Å². The van der Waals surface area contributed by atoms with Crippen molar-refractivity contribution in [2.24, 2.45) is 10.4 Å². The van der Waals surface area contributed by atoms with Gasteiger partial charge in [-0.3, -0.25) is 0 Å². The molecule has 1 aliphatic carbocycles. The van der Waals surface area contributed by atoms with E-state index in [9.17, 15) is 9.90 Å². The van der Waals surface area contributed by atoms with Crippen LogP contribution in [0.15, 0.2) is 23.2 Å². The Labute approximate surface area is 195 Å². The van der Waals surface area contributed by atoms with Gasteiger partial charge in [-0.15, -0.1) is 12.0 Å². The molecule has 134 valence electrons. The first-order chi connectivity index (χ1) is 11.1. The predicted octanol–water partition coefficient (Wildman–Crippen LogP) is 1.18. The molecule has 0 heterocycles. The molecule has 1 amide bonds. The molecule has 1 aromatic rings. The van der Waals surface area contributed by atoms with Gasteiger partial charge < -0.3 is 26.6 Å². The summed E-state index contributed by atoms with van der Waals surface area (Å²) in [6, 6.07) is 8.26. The van der Waals surface area contributed by atoms with Gasteiger partial charge in [0.2, 0.25) is 0 Å². The molecule has 0 radical (unpaired) electrons. The Hall–Kier alpha value is -0.0436. The Bertz CT molecular complexity index is 550. The smallest absolute Gasteiger partial charge is 0.423 e. The maximum absolute atomic E-state index is 11.6. The molecule has 0 saturated heterocycles. The zero-order valence-electron chi connectivity index (χ0n) is 16.4. The molecule has 1 fully saturated rings. The fraction of sp³-hybridized carbons (Fsp3) is 0.550. The van der Waals surface area contributed by atoms with Crippen molar-refractivity contribution in [2.45, 2.75) is 65.9 Å². The fourth-order valence-electron chi connectivity index (χ4n) is 1.76. The van der Waals surface area contributed by atoms with E-state index in [1.165, 1.54) is 19.3 Å². The second-order valence-corrected chi connectivity index (χ2v) is 7.74. The number of amides is 1. The van der Waals surface area contributed by atoms with Crippen molar-refractivity contribution in [1.29, 1.82) is 0 Å². The Morgan fingerprint density at radius 1 is 1.32 bits per heavy atom. The second kappa shape index (κ2) is 11.6. The van der Waals surface area contributed by atoms with Crippen molar-refractivity contribution in [3.05, 3.63) is 36.2 Å². The topological polar surface area (TPSA) is 61.7 Å². The number of nitrogens with zero attached hydrogens (tertiary/aromatic N) is 1. The SMILES string of the molecule is CC(C)(C)CC(=O)N[C-]=Nc1[c-]c(C(C)(C)O)ccc1.[CH-]1CCC1.[K+]. The molecule has 1 aliphatic rings. The molecule has 5 heteroatoms. The van der Waals surface area contributed by atoms with Crippen LogP contribution in [0.25, 0.3) is 0 Å². The van der Waals surface area contributed by atoms with Crippen LogP contribution in [0, 0.1) is 17.9 Å². The first-order valence-electron chi connectivity index (χ1n) is 8.39. The number of hydrogen-bond donors (Lipinski definition) is 2. The molecular formula is C20H29KN2O2-2. The van der Waals surface area contributed by atoms with Crippen molar-refractivity contribution in [3.8, 4) is 0 Å². The third-order valence-electron chi connectivity index (χ3n) is 3.32. The van der Waals surface area contributed by atoms with E-state index >= 15 is 0 Å². The van der Waals surface area contributed by atoms with Crippen molar-refractivity contribution in [3.63, 3.8) is 0 Å². The minimum Gasteiger partial charge on any atom is -0.423 e. The summed E-state index contributed by atoms with van der Waals surface area (Å²) in [5, 5.41) is 12.4. The van der Waals surface area contributed by atoms with Gasteiger partial charge in [-0.1, -0.05) is 20.8 Å². The molecule has 0 spiro atoms. The summed E-state index contributed by atoms with van der Waals surface area (Å²) in [5.41, 5.74) is 0.113. The van der Waals surface area contributed by atoms with Gasteiger partial charge in [0, 0.05) is 6.34 Å². The van der Waals surface area contributed by atoms with Gasteiger partial charge >= 0.3 is 51.4 Å². The fourth-order valence-corrected chi connectivity index (χ4v) is 1.76. The minimum atomic E-state index is -0.971. The normalized spacial score (nSPS) is 14.0. The molecule has 2 N–H and O–H groups in total. The average Bonchev–Trinajstić information content (AvgIpc) is 2.33. The number of nitrogens with one attached hydrogen (secondary N) is 1. The summed E-state index contributed by atoms with van der Waals surface area (Å²) < 4.78 is 0. The number of carbonyl (C=O) groups excluding carboxylic acids is 1. The van der Waals surface area contributed by atoms with Crippen LogP contribution in [0.4, 0.5) is 5.69 Å². The summed E-state index contributed by atoms with van der Waals surface area (Å²) in [6.45, 7) is 9.33. The molecule has 0 aromatic heterocycles. The molecule has 1 saturated carbocycles. The van der Waals surface area contributed by atoms with Crippen LogP contribution in [-0.2, 0) is 10.4 Å². The second-order valence-electron chi connectivity index (χ2n) is 7.74. The number of aliphatic imine (C=N–C) groups is 1. The van der Waals surface area contributed by atoms with Crippen molar-refractivity contribution >= 4 is 17.9 Å². The molecule has 0 atom stereocenters. The summed E-state index contributed by atoms with van der Waals surface area (Å²) in [7, 11) is 0. The Balaban J connectivity index is 0.00000101. The van der Waals surface area contributed by atoms with Crippen molar-refractivity contribution in [1.82, 2.24) is 5.32 Å². The first-order valence-corrected chi connectivity index (χ1v) is 8.39. The van der Waals surface area contributed by atoms with E-state index < -0.39 is 5.60 Å². The first kappa shape index (κ1) is 25.0. The molecule has 0 bridgehead atoms. The average molecular weight is 369 g/mol. The predicted molar refractivity (Wildman–Crippen MR) is 98.0 cm³/mol. The zero-order chi connectivity index (χ0) is 18.2. The quantitative estimate of drug-likeness (QED) is 0.276. The van der Waals surface area contributed by atoms with Crippen LogP contribution < -0.4 is 56.7 Å². The van der Waals surface area contributed by atoms with Crippen LogP contribution in [0.2, 0.25) is 0 Å². The zero-order valence-corrected chi connectivity index (χ0v) is 19.6. The Morgan fingerprint density at radius 2 is 1.88 bits per heavy atom. The summed E-state index contributed by atoms with van der Waals surface area (Å²) >= 11 is 0. The van der Waals surface area contributed by atoms with Gasteiger partial charge in [0.15, 0.2) is 0 Å². The van der Waals surface area contributed by atoms with Gasteiger partial charge in [0.1, 0.15) is 5.91 Å². The van der Waals surface area contributed by atoms with Crippen LogP contribution in [-0.4, -0.2) is 17.4 Å². The summed E-state index contributed by atoms with van der Waals surface area (Å²) in [4.78, 5) is 15.6. The Morgan fingerprint density at radius 3 is 2.32 bits per heavy atom. The molecule has 0 aliphatic heterocycles. The van der Waals surface area contributed by atoms with E-state index in [4.69, 9.17) is 0 Å². The maximum Gasteiger partial charge on any atom is 1.00 e. The van der Waals surface area contributed by atoms with Gasteiger partial charge in [0.05, 0.1) is 5.60 Å². The number of hydrogen-bond acceptors (Lipinski definition) is 3. The Kier molecular flexibility index (Phi) is 11.6. The van der Waals surface area contributed by atoms with Gasteiger partial charge in [-0.05, 0) is 25.7 Å². The number of rotatable bonds is 4. The maximum atomic E-state index is 11.6. The molecular weight excluding hydrogens is 339 g/mol. The number of carbonyl (C=O) groups is 1. The third kappa shape index (κ3) is 12.1. The van der Waals surface area contributed by atoms with Gasteiger partial charge in [-0.25, -0.2) is 12.1 Å². The standard InChI is InChI=1S/C16H22N2O2.C4H7.K/c1-15(2,3)10-14(19)18-11-17-13-8-6-7-12(9-13)16(4,5)20;1-2-4-3-1;/h6-8,20H,10H2,1-5H3,(H,17,18,19);1H,2-4H2;/q-2;-1;+1. The molecule has 1 aromatic carbocycles. The largest absolute Gasteiger partial charge is 1.00 e. The van der Waals surface area contributed by atoms with Crippen molar-refractivity contribution in [2.75, 3.05) is 0 Å². The van der Waals surface area contributed by atoms with E-state index in [1.807, 2.05) is 20.8 Å². The van der Waals surface area contributed by atoms with E-state index in [-0.39, 0.29) is 62.7 Å². The molecule has 25 heavy (non-hydrogen) atoms. The van der Waals surface area contributed by atoms with Crippen LogP contribution in [0.5, 0.6) is 0 Å². The summed E-state index contributed by atoms with van der Waals surface area (Å²) in [6.07, 6.45) is 9.42. The van der Waals surface area contributed by atoms with Crippen LogP contribution in [0.3, 0.4) is 0 Å². The number of benzene rings is 1. The molecule has 0 unspecified atom stereocenters. The molecule has 2 rings (SSSR count). The van der Waals surface area contributed by atoms with Gasteiger partial charge in [-0.2, -0.15) is 30.7 Å². The van der Waals surface area contributed by atoms with E-state index in [0.717, 1.165) is 0 Å². The van der Waals surface area contributed by atoms with E-state index in [1.54, 1.807) is 32.0 Å². The monoisotopic (exact) mass is 368 g/mol. The van der Waals surface area contributed by atoms with E-state index in [2.05, 4.69) is 29.1 Å². The van der Waals surface area contributed by atoms with Crippen LogP contribution in [0.1, 0.15) is 65.9 Å². The molecule has 4 nitrogen and oxygen atoms in total. The summed E-state index contributed by atoms with van der Waals surface area (Å²) in [5.74, 6) is -0.125. The third-order valence-corrected chi connectivity index (χ3v) is 3.32.